The van der Waals surface area contributed by atoms with Gasteiger partial charge >= 0.3 is 0 Å². The van der Waals surface area contributed by atoms with E-state index in [2.05, 4.69) is 26.5 Å². The number of aliphatic hydroxyl groups excluding tert-OH is 1. The second-order valence-corrected chi connectivity index (χ2v) is 4.67. The number of aryl methyl sites for hydroxylation is 1. The first-order valence-electron chi connectivity index (χ1n) is 6.01. The van der Waals surface area contributed by atoms with Crippen LogP contribution in [0.2, 0.25) is 0 Å². The summed E-state index contributed by atoms with van der Waals surface area (Å²) < 4.78 is 4.01. The Morgan fingerprint density at radius 2 is 2.25 bits per heavy atom. The van der Waals surface area contributed by atoms with Crippen molar-refractivity contribution < 1.29 is 9.90 Å². The van der Waals surface area contributed by atoms with Crippen LogP contribution in [-0.4, -0.2) is 27.0 Å². The molecular weight excluding hydrogens is 274 g/mol. The second-order valence-electron chi connectivity index (χ2n) is 3.92. The van der Waals surface area contributed by atoms with Crippen LogP contribution < -0.4 is 5.32 Å². The number of carbonyl (C=O) groups excluding carboxylic acids is 1. The third-order valence-corrected chi connectivity index (χ3v) is 3.10. The monoisotopic (exact) mass is 287 g/mol. The Balaban J connectivity index is 2.19. The van der Waals surface area contributed by atoms with E-state index in [9.17, 15) is 4.79 Å². The zero-order valence-electron chi connectivity index (χ0n) is 10.9. The molecular formula is C14H13N3O2S. The van der Waals surface area contributed by atoms with E-state index in [1.807, 2.05) is 6.07 Å². The Morgan fingerprint density at radius 1 is 1.45 bits per heavy atom. The summed E-state index contributed by atoms with van der Waals surface area (Å²) >= 11 is 1.14. The van der Waals surface area contributed by atoms with E-state index in [0.29, 0.717) is 28.5 Å². The van der Waals surface area contributed by atoms with E-state index in [-0.39, 0.29) is 12.5 Å². The van der Waals surface area contributed by atoms with E-state index in [4.69, 9.17) is 5.11 Å². The van der Waals surface area contributed by atoms with E-state index in [1.54, 1.807) is 25.1 Å². The minimum atomic E-state index is -0.268. The topological polar surface area (TPSA) is 75.1 Å². The molecule has 1 aromatic heterocycles. The maximum Gasteiger partial charge on any atom is 0.258 e. The fourth-order valence-electron chi connectivity index (χ4n) is 1.52. The number of aliphatic hydroxyl groups is 1. The van der Waals surface area contributed by atoms with Crippen molar-refractivity contribution in [1.29, 1.82) is 0 Å². The van der Waals surface area contributed by atoms with Crippen LogP contribution in [0.3, 0.4) is 0 Å². The number of anilines is 1. The second kappa shape index (κ2) is 6.80. The number of aromatic nitrogens is 2. The van der Waals surface area contributed by atoms with Crippen LogP contribution in [-0.2, 0) is 0 Å². The Bertz CT molecular complexity index is 670. The average Bonchev–Trinajstić information content (AvgIpc) is 2.85. The van der Waals surface area contributed by atoms with Gasteiger partial charge < -0.3 is 5.11 Å². The van der Waals surface area contributed by atoms with Gasteiger partial charge in [-0.25, -0.2) is 4.98 Å². The lowest BCUT2D eigenvalue weighted by molar-refractivity contribution is 0.102. The highest BCUT2D eigenvalue weighted by molar-refractivity contribution is 7.09. The normalized spacial score (nSPS) is 9.70. The first-order valence-corrected chi connectivity index (χ1v) is 6.78. The van der Waals surface area contributed by atoms with Crippen molar-refractivity contribution in [2.24, 2.45) is 0 Å². The Kier molecular flexibility index (Phi) is 4.82. The highest BCUT2D eigenvalue weighted by atomic mass is 32.1. The maximum atomic E-state index is 12.2. The van der Waals surface area contributed by atoms with Gasteiger partial charge in [0.05, 0.1) is 12.2 Å². The summed E-state index contributed by atoms with van der Waals surface area (Å²) in [6.07, 6.45) is 0.381. The molecule has 1 aromatic carbocycles. The van der Waals surface area contributed by atoms with Gasteiger partial charge in [-0.15, -0.1) is 0 Å². The van der Waals surface area contributed by atoms with Gasteiger partial charge in [-0.3, -0.25) is 10.1 Å². The molecule has 0 unspecified atom stereocenters. The van der Waals surface area contributed by atoms with Crippen LogP contribution in [0.5, 0.6) is 0 Å². The minimum Gasteiger partial charge on any atom is -0.395 e. The third kappa shape index (κ3) is 3.63. The van der Waals surface area contributed by atoms with Crippen LogP contribution in [0.4, 0.5) is 5.13 Å². The molecule has 0 aliphatic heterocycles. The lowest BCUT2D eigenvalue weighted by atomic mass is 10.1. The molecule has 102 valence electrons. The van der Waals surface area contributed by atoms with Crippen molar-refractivity contribution in [3.63, 3.8) is 0 Å². The van der Waals surface area contributed by atoms with Crippen molar-refractivity contribution in [2.75, 3.05) is 11.9 Å². The van der Waals surface area contributed by atoms with Gasteiger partial charge in [0.2, 0.25) is 5.13 Å². The fourth-order valence-corrected chi connectivity index (χ4v) is 2.09. The molecule has 1 heterocycles. The molecule has 0 fully saturated rings. The highest BCUT2D eigenvalue weighted by Gasteiger charge is 2.11. The van der Waals surface area contributed by atoms with Crippen molar-refractivity contribution in [3.8, 4) is 11.8 Å². The fraction of sp³-hybridized carbons (Fsp3) is 0.214. The third-order valence-electron chi connectivity index (χ3n) is 2.38. The molecule has 1 amide bonds. The summed E-state index contributed by atoms with van der Waals surface area (Å²) in [6, 6.07) is 7.06. The number of nitrogens with one attached hydrogen (secondary N) is 1. The zero-order chi connectivity index (χ0) is 14.4. The molecule has 0 radical (unpaired) electrons. The average molecular weight is 287 g/mol. The Hall–Kier alpha value is -2.23. The van der Waals surface area contributed by atoms with Crippen molar-refractivity contribution >= 4 is 22.6 Å². The molecule has 0 atom stereocenters. The van der Waals surface area contributed by atoms with Gasteiger partial charge in [-0.2, -0.15) is 4.37 Å². The number of nitrogens with zero attached hydrogens (tertiary/aromatic N) is 2. The van der Waals surface area contributed by atoms with E-state index in [0.717, 1.165) is 11.5 Å². The van der Waals surface area contributed by atoms with Crippen molar-refractivity contribution in [3.05, 3.63) is 41.2 Å². The quantitative estimate of drug-likeness (QED) is 0.845. The number of hydrogen-bond acceptors (Lipinski definition) is 5. The Labute approximate surface area is 120 Å². The van der Waals surface area contributed by atoms with Gasteiger partial charge in [-0.05, 0) is 19.1 Å². The number of hydrogen-bond donors (Lipinski definition) is 2. The van der Waals surface area contributed by atoms with Crippen LogP contribution in [0.25, 0.3) is 0 Å². The first kappa shape index (κ1) is 14.2. The molecule has 0 aliphatic rings. The van der Waals surface area contributed by atoms with Crippen molar-refractivity contribution in [2.45, 2.75) is 13.3 Å². The van der Waals surface area contributed by atoms with Gasteiger partial charge in [0, 0.05) is 23.5 Å². The highest BCUT2D eigenvalue weighted by Crippen LogP contribution is 2.14. The number of amides is 1. The molecule has 5 nitrogen and oxygen atoms in total. The molecule has 0 saturated carbocycles. The molecule has 2 aromatic rings. The summed E-state index contributed by atoms with van der Waals surface area (Å²) in [5.41, 5.74) is 1.10. The summed E-state index contributed by atoms with van der Waals surface area (Å²) in [7, 11) is 0. The van der Waals surface area contributed by atoms with E-state index in [1.165, 1.54) is 0 Å². The number of carbonyl (C=O) groups is 1. The lowest BCUT2D eigenvalue weighted by Crippen LogP contribution is -2.13. The SMILES string of the molecule is Cc1nsc(NC(=O)c2ccccc2C#CCCO)n1. The van der Waals surface area contributed by atoms with Crippen LogP contribution >= 0.6 is 11.5 Å². The molecule has 0 bridgehead atoms. The molecule has 0 spiro atoms. The summed E-state index contributed by atoms with van der Waals surface area (Å²) in [4.78, 5) is 16.3. The van der Waals surface area contributed by atoms with Crippen molar-refractivity contribution in [1.82, 2.24) is 9.36 Å². The molecule has 2 N–H and O–H groups in total. The molecule has 0 saturated heterocycles. The van der Waals surface area contributed by atoms with E-state index < -0.39 is 0 Å². The molecule has 6 heteroatoms. The Morgan fingerprint density at radius 3 is 2.95 bits per heavy atom. The standard InChI is InChI=1S/C14H13N3O2S/c1-10-15-14(20-17-10)16-13(19)12-8-3-2-6-11(12)7-4-5-9-18/h2-3,6,8,18H,5,9H2,1H3,(H,15,16,17,19). The van der Waals surface area contributed by atoms with E-state index >= 15 is 0 Å². The minimum absolute atomic E-state index is 0.00538. The predicted octanol–water partition coefficient (Wildman–Crippen LogP) is 1.83. The van der Waals surface area contributed by atoms with Crippen LogP contribution in [0.15, 0.2) is 24.3 Å². The van der Waals surface area contributed by atoms with Gasteiger partial charge in [-0.1, -0.05) is 24.0 Å². The first-order chi connectivity index (χ1) is 9.70. The molecule has 0 aliphatic carbocycles. The number of rotatable bonds is 3. The molecule has 20 heavy (non-hydrogen) atoms. The molecule has 2 rings (SSSR count). The van der Waals surface area contributed by atoms with Crippen LogP contribution in [0, 0.1) is 18.8 Å². The predicted molar refractivity (Wildman–Crippen MR) is 77.6 cm³/mol. The maximum absolute atomic E-state index is 12.2. The lowest BCUT2D eigenvalue weighted by Gasteiger charge is -2.03. The van der Waals surface area contributed by atoms with Gasteiger partial charge in [0.25, 0.3) is 5.91 Å². The summed E-state index contributed by atoms with van der Waals surface area (Å²) in [5, 5.41) is 11.9. The zero-order valence-corrected chi connectivity index (χ0v) is 11.7. The smallest absolute Gasteiger partial charge is 0.258 e. The number of benzene rings is 1. The summed E-state index contributed by atoms with van der Waals surface area (Å²) in [6.45, 7) is 1.77. The van der Waals surface area contributed by atoms with Gasteiger partial charge in [0.15, 0.2) is 0 Å². The van der Waals surface area contributed by atoms with Crippen LogP contribution in [0.1, 0.15) is 28.2 Å². The van der Waals surface area contributed by atoms with Gasteiger partial charge in [0.1, 0.15) is 5.82 Å². The largest absolute Gasteiger partial charge is 0.395 e. The summed E-state index contributed by atoms with van der Waals surface area (Å²) in [5.74, 6) is 6.05.